The lowest BCUT2D eigenvalue weighted by Crippen LogP contribution is -2.35. The molecule has 0 saturated carbocycles. The van der Waals surface area contributed by atoms with Crippen molar-refractivity contribution in [2.24, 2.45) is 0 Å². The van der Waals surface area contributed by atoms with Gasteiger partial charge in [-0.3, -0.25) is 4.90 Å². The Kier molecular flexibility index (Phi) is 6.51. The first kappa shape index (κ1) is 23.8. The normalized spacial score (nSPS) is 19.6. The van der Waals surface area contributed by atoms with Crippen LogP contribution in [0.25, 0.3) is 11.0 Å². The number of fused-ring (bicyclic) bond motifs is 1. The van der Waals surface area contributed by atoms with Gasteiger partial charge in [0, 0.05) is 24.3 Å². The first-order chi connectivity index (χ1) is 16.7. The Morgan fingerprint density at radius 3 is 2.57 bits per heavy atom. The van der Waals surface area contributed by atoms with Gasteiger partial charge in [-0.2, -0.15) is 0 Å². The Labute approximate surface area is 205 Å². The molecule has 35 heavy (non-hydrogen) atoms. The molecule has 0 unspecified atom stereocenters. The van der Waals surface area contributed by atoms with Crippen molar-refractivity contribution in [1.29, 1.82) is 0 Å². The molecule has 2 aliphatic rings. The Morgan fingerprint density at radius 2 is 1.91 bits per heavy atom. The van der Waals surface area contributed by atoms with Gasteiger partial charge in [0.2, 0.25) is 5.88 Å². The van der Waals surface area contributed by atoms with Gasteiger partial charge in [-0.15, -0.1) is 0 Å². The fraction of sp³-hybridized carbons (Fsp3) is 0.519. The maximum absolute atomic E-state index is 12.7. The molecule has 0 aliphatic carbocycles. The van der Waals surface area contributed by atoms with Gasteiger partial charge in [-0.25, -0.2) is 14.8 Å². The Hall–Kier alpha value is -2.97. The number of rotatable bonds is 6. The molecule has 0 amide bonds. The summed E-state index contributed by atoms with van der Waals surface area (Å²) < 4.78 is 13.5. The SMILES string of the molecule is CC(C)(C)OC(=O)c1ccc2nc(CN3CCC(c4cccc(O)n4)CC3)n(C[C@@H]3CCO3)c2c1. The van der Waals surface area contributed by atoms with Crippen LogP contribution in [0.4, 0.5) is 0 Å². The lowest BCUT2D eigenvalue weighted by molar-refractivity contribution is -0.0592. The van der Waals surface area contributed by atoms with Crippen molar-refractivity contribution in [1.82, 2.24) is 19.4 Å². The van der Waals surface area contributed by atoms with Crippen LogP contribution in [0.1, 0.15) is 67.8 Å². The van der Waals surface area contributed by atoms with Crippen molar-refractivity contribution in [2.45, 2.75) is 70.7 Å². The van der Waals surface area contributed by atoms with E-state index in [0.717, 1.165) is 74.6 Å². The molecular formula is C27H34N4O4. The van der Waals surface area contributed by atoms with Crippen LogP contribution < -0.4 is 0 Å². The average Bonchev–Trinajstić information content (AvgIpc) is 3.11. The number of piperidine rings is 1. The maximum Gasteiger partial charge on any atom is 0.338 e. The zero-order chi connectivity index (χ0) is 24.6. The summed E-state index contributed by atoms with van der Waals surface area (Å²) in [6.07, 6.45) is 3.20. The molecule has 0 spiro atoms. The molecule has 3 aromatic rings. The minimum absolute atomic E-state index is 0.0858. The number of hydrogen-bond donors (Lipinski definition) is 1. The third-order valence-electron chi connectivity index (χ3n) is 6.77. The third kappa shape index (κ3) is 5.49. The van der Waals surface area contributed by atoms with E-state index in [0.29, 0.717) is 11.5 Å². The molecule has 2 saturated heterocycles. The molecule has 2 aliphatic heterocycles. The van der Waals surface area contributed by atoms with E-state index in [2.05, 4.69) is 14.5 Å². The fourth-order valence-corrected chi connectivity index (χ4v) is 4.85. The summed E-state index contributed by atoms with van der Waals surface area (Å²) in [5.41, 5.74) is 2.78. The van der Waals surface area contributed by atoms with Gasteiger partial charge < -0.3 is 19.1 Å². The van der Waals surface area contributed by atoms with Crippen LogP contribution in [-0.4, -0.2) is 61.9 Å². The number of esters is 1. The minimum Gasteiger partial charge on any atom is -0.493 e. The predicted molar refractivity (Wildman–Crippen MR) is 132 cm³/mol. The molecule has 0 bridgehead atoms. The van der Waals surface area contributed by atoms with Crippen LogP contribution in [0.2, 0.25) is 0 Å². The number of aromatic hydroxyl groups is 1. The number of imidazole rings is 1. The van der Waals surface area contributed by atoms with E-state index >= 15 is 0 Å². The van der Waals surface area contributed by atoms with Gasteiger partial charge in [0.1, 0.15) is 11.4 Å². The van der Waals surface area contributed by atoms with Crippen LogP contribution in [0.3, 0.4) is 0 Å². The van der Waals surface area contributed by atoms with Crippen molar-refractivity contribution >= 4 is 17.0 Å². The first-order valence-electron chi connectivity index (χ1n) is 12.5. The molecule has 8 nitrogen and oxygen atoms in total. The molecule has 2 fully saturated rings. The number of carbonyl (C=O) groups is 1. The number of nitrogens with zero attached hydrogens (tertiary/aromatic N) is 4. The highest BCUT2D eigenvalue weighted by atomic mass is 16.6. The summed E-state index contributed by atoms with van der Waals surface area (Å²) in [7, 11) is 0. The molecule has 0 radical (unpaired) electrons. The van der Waals surface area contributed by atoms with Crippen molar-refractivity contribution in [3.05, 3.63) is 53.5 Å². The van der Waals surface area contributed by atoms with E-state index in [1.54, 1.807) is 12.1 Å². The van der Waals surface area contributed by atoms with Crippen LogP contribution in [0.5, 0.6) is 5.88 Å². The topological polar surface area (TPSA) is 89.7 Å². The van der Waals surface area contributed by atoms with Gasteiger partial charge in [-0.1, -0.05) is 6.07 Å². The van der Waals surface area contributed by atoms with Crippen LogP contribution in [0.15, 0.2) is 36.4 Å². The van der Waals surface area contributed by atoms with E-state index < -0.39 is 5.60 Å². The van der Waals surface area contributed by atoms with Crippen molar-refractivity contribution < 1.29 is 19.4 Å². The van der Waals surface area contributed by atoms with Crippen LogP contribution in [0, 0.1) is 0 Å². The molecule has 1 N–H and O–H groups in total. The Bertz CT molecular complexity index is 1200. The number of likely N-dealkylation sites (tertiary alicyclic amines) is 1. The Balaban J connectivity index is 1.35. The number of carbonyl (C=O) groups excluding carboxylic acids is 1. The van der Waals surface area contributed by atoms with Crippen molar-refractivity contribution in [3.8, 4) is 5.88 Å². The molecule has 186 valence electrons. The van der Waals surface area contributed by atoms with Gasteiger partial charge >= 0.3 is 5.97 Å². The molecule has 4 heterocycles. The summed E-state index contributed by atoms with van der Waals surface area (Å²) in [5, 5.41) is 9.72. The Morgan fingerprint density at radius 1 is 1.14 bits per heavy atom. The van der Waals surface area contributed by atoms with Crippen LogP contribution in [-0.2, 0) is 22.6 Å². The summed E-state index contributed by atoms with van der Waals surface area (Å²) in [4.78, 5) is 24.4. The maximum atomic E-state index is 12.7. The largest absolute Gasteiger partial charge is 0.493 e. The summed E-state index contributed by atoms with van der Waals surface area (Å²) >= 11 is 0. The highest BCUT2D eigenvalue weighted by Crippen LogP contribution is 2.29. The highest BCUT2D eigenvalue weighted by molar-refractivity contribution is 5.94. The molecule has 1 atom stereocenters. The monoisotopic (exact) mass is 478 g/mol. The standard InChI is InChI=1S/C27H34N4O4/c1-27(2,3)35-26(33)19-7-8-22-23(15-19)31(16-20-11-14-34-20)24(28-22)17-30-12-9-18(10-13-30)21-5-4-6-25(32)29-21/h4-8,15,18,20H,9-14,16-17H2,1-3H3,(H,29,32)/t20-/m0/s1. The quantitative estimate of drug-likeness (QED) is 0.530. The van der Waals surface area contributed by atoms with Gasteiger partial charge in [-0.05, 0) is 77.4 Å². The summed E-state index contributed by atoms with van der Waals surface area (Å²) in [5.74, 6) is 1.11. The second-order valence-electron chi connectivity index (χ2n) is 10.6. The molecule has 1 aromatic carbocycles. The zero-order valence-electron chi connectivity index (χ0n) is 20.7. The average molecular weight is 479 g/mol. The van der Waals surface area contributed by atoms with E-state index in [1.165, 1.54) is 0 Å². The molecular weight excluding hydrogens is 444 g/mol. The minimum atomic E-state index is -0.544. The van der Waals surface area contributed by atoms with E-state index in [1.807, 2.05) is 45.0 Å². The van der Waals surface area contributed by atoms with E-state index in [9.17, 15) is 9.90 Å². The highest BCUT2D eigenvalue weighted by Gasteiger charge is 2.26. The fourth-order valence-electron chi connectivity index (χ4n) is 4.85. The zero-order valence-corrected chi connectivity index (χ0v) is 20.7. The smallest absolute Gasteiger partial charge is 0.338 e. The summed E-state index contributed by atoms with van der Waals surface area (Å²) in [6.45, 7) is 9.77. The number of pyridine rings is 1. The lowest BCUT2D eigenvalue weighted by atomic mass is 9.93. The van der Waals surface area contributed by atoms with Crippen molar-refractivity contribution in [2.75, 3.05) is 19.7 Å². The van der Waals surface area contributed by atoms with Gasteiger partial charge in [0.05, 0.1) is 35.8 Å². The van der Waals surface area contributed by atoms with Gasteiger partial charge in [0.25, 0.3) is 0 Å². The first-order valence-corrected chi connectivity index (χ1v) is 12.5. The van der Waals surface area contributed by atoms with Crippen LogP contribution >= 0.6 is 0 Å². The van der Waals surface area contributed by atoms with E-state index in [-0.39, 0.29) is 18.0 Å². The summed E-state index contributed by atoms with van der Waals surface area (Å²) in [6, 6.07) is 11.1. The van der Waals surface area contributed by atoms with Gasteiger partial charge in [0.15, 0.2) is 0 Å². The number of hydrogen-bond acceptors (Lipinski definition) is 7. The lowest BCUT2D eigenvalue weighted by Gasteiger charge is -2.32. The third-order valence-corrected chi connectivity index (χ3v) is 6.77. The van der Waals surface area contributed by atoms with Crippen molar-refractivity contribution in [3.63, 3.8) is 0 Å². The van der Waals surface area contributed by atoms with E-state index in [4.69, 9.17) is 14.5 Å². The molecule has 8 heteroatoms. The molecule has 5 rings (SSSR count). The second-order valence-corrected chi connectivity index (χ2v) is 10.6. The predicted octanol–water partition coefficient (Wildman–Crippen LogP) is 4.26. The number of ether oxygens (including phenoxy) is 2. The number of aromatic nitrogens is 3. The second kappa shape index (κ2) is 9.59. The molecule has 2 aromatic heterocycles. The number of benzene rings is 1.